The van der Waals surface area contributed by atoms with Crippen LogP contribution in [-0.4, -0.2) is 6.21 Å². The van der Waals surface area contributed by atoms with Gasteiger partial charge in [0.15, 0.2) is 0 Å². The second-order valence-electron chi connectivity index (χ2n) is 6.31. The summed E-state index contributed by atoms with van der Waals surface area (Å²) in [5, 5.41) is 2.36. The van der Waals surface area contributed by atoms with E-state index in [4.69, 9.17) is 0 Å². The average Bonchev–Trinajstić information content (AvgIpc) is 2.64. The Hall–Kier alpha value is -2.62. The summed E-state index contributed by atoms with van der Waals surface area (Å²) in [7, 11) is 0. The van der Waals surface area contributed by atoms with E-state index in [1.807, 2.05) is 31.3 Å². The molecule has 4 heteroatoms. The lowest BCUT2D eigenvalue weighted by atomic mass is 10.00. The lowest BCUT2D eigenvalue weighted by Gasteiger charge is -2.11. The predicted molar refractivity (Wildman–Crippen MR) is 101 cm³/mol. The summed E-state index contributed by atoms with van der Waals surface area (Å²) in [5.74, 6) is 0. The maximum atomic E-state index is 12.8. The SMILES string of the molecule is C[C@@H](N=CCCc1cccc(C(F)(F)F)c1)c1cccc2ccccc12. The van der Waals surface area contributed by atoms with Crippen molar-refractivity contribution in [3.8, 4) is 0 Å². The highest BCUT2D eigenvalue weighted by atomic mass is 19.4. The molecule has 0 aliphatic carbocycles. The predicted octanol–water partition coefficient (Wildman–Crippen LogP) is 6.62. The van der Waals surface area contributed by atoms with Gasteiger partial charge in [-0.1, -0.05) is 60.7 Å². The average molecular weight is 355 g/mol. The summed E-state index contributed by atoms with van der Waals surface area (Å²) in [4.78, 5) is 4.58. The van der Waals surface area contributed by atoms with Gasteiger partial charge in [-0.25, -0.2) is 0 Å². The fourth-order valence-corrected chi connectivity index (χ4v) is 3.06. The number of nitrogens with zero attached hydrogens (tertiary/aromatic N) is 1. The van der Waals surface area contributed by atoms with Crippen molar-refractivity contribution >= 4 is 17.0 Å². The van der Waals surface area contributed by atoms with Crippen LogP contribution in [0.2, 0.25) is 0 Å². The molecule has 0 fully saturated rings. The number of aliphatic imine (C=N–C) groups is 1. The highest BCUT2D eigenvalue weighted by molar-refractivity contribution is 5.86. The number of halogens is 3. The first kappa shape index (κ1) is 18.2. The van der Waals surface area contributed by atoms with Gasteiger partial charge in [0.25, 0.3) is 0 Å². The van der Waals surface area contributed by atoms with Crippen LogP contribution in [0.1, 0.15) is 36.1 Å². The van der Waals surface area contributed by atoms with Crippen molar-refractivity contribution in [2.75, 3.05) is 0 Å². The maximum Gasteiger partial charge on any atom is 0.416 e. The Morgan fingerprint density at radius 3 is 2.50 bits per heavy atom. The molecule has 3 aromatic carbocycles. The van der Waals surface area contributed by atoms with Crippen molar-refractivity contribution < 1.29 is 13.2 Å². The van der Waals surface area contributed by atoms with Crippen LogP contribution in [0.4, 0.5) is 13.2 Å². The zero-order valence-electron chi connectivity index (χ0n) is 14.5. The molecule has 0 amide bonds. The summed E-state index contributed by atoms with van der Waals surface area (Å²) < 4.78 is 38.3. The molecule has 0 bridgehead atoms. The van der Waals surface area contributed by atoms with E-state index in [0.717, 1.165) is 11.6 Å². The Morgan fingerprint density at radius 1 is 0.962 bits per heavy atom. The molecule has 3 rings (SSSR count). The Morgan fingerprint density at radius 2 is 1.69 bits per heavy atom. The second-order valence-corrected chi connectivity index (χ2v) is 6.31. The van der Waals surface area contributed by atoms with Gasteiger partial charge in [-0.3, -0.25) is 4.99 Å². The first-order valence-corrected chi connectivity index (χ1v) is 8.60. The largest absolute Gasteiger partial charge is 0.416 e. The molecule has 0 unspecified atom stereocenters. The van der Waals surface area contributed by atoms with Crippen LogP contribution in [0.25, 0.3) is 10.8 Å². The van der Waals surface area contributed by atoms with E-state index in [9.17, 15) is 13.2 Å². The zero-order chi connectivity index (χ0) is 18.6. The number of hydrogen-bond acceptors (Lipinski definition) is 1. The molecular formula is C22H20F3N. The molecule has 26 heavy (non-hydrogen) atoms. The topological polar surface area (TPSA) is 12.4 Å². The van der Waals surface area contributed by atoms with Crippen LogP contribution >= 0.6 is 0 Å². The molecule has 1 nitrogen and oxygen atoms in total. The monoisotopic (exact) mass is 355 g/mol. The number of hydrogen-bond donors (Lipinski definition) is 0. The van der Waals surface area contributed by atoms with Gasteiger partial charge in [0.05, 0.1) is 11.6 Å². The molecule has 0 aromatic heterocycles. The minimum absolute atomic E-state index is 0.00242. The van der Waals surface area contributed by atoms with Gasteiger partial charge in [-0.2, -0.15) is 13.2 Å². The minimum Gasteiger partial charge on any atom is -0.290 e. The van der Waals surface area contributed by atoms with Crippen LogP contribution in [-0.2, 0) is 12.6 Å². The van der Waals surface area contributed by atoms with Gasteiger partial charge in [-0.05, 0) is 53.9 Å². The molecule has 0 N–H and O–H groups in total. The fourth-order valence-electron chi connectivity index (χ4n) is 3.06. The lowest BCUT2D eigenvalue weighted by Crippen LogP contribution is -2.05. The minimum atomic E-state index is -4.30. The van der Waals surface area contributed by atoms with E-state index in [0.29, 0.717) is 18.4 Å². The van der Waals surface area contributed by atoms with Crippen LogP contribution in [0.5, 0.6) is 0 Å². The van der Waals surface area contributed by atoms with Crippen LogP contribution in [0.3, 0.4) is 0 Å². The number of rotatable bonds is 5. The Kier molecular flexibility index (Phi) is 5.40. The smallest absolute Gasteiger partial charge is 0.290 e. The van der Waals surface area contributed by atoms with Crippen molar-refractivity contribution in [2.45, 2.75) is 32.0 Å². The quantitative estimate of drug-likeness (QED) is 0.456. The number of aryl methyl sites for hydroxylation is 1. The molecule has 1 atom stereocenters. The first-order chi connectivity index (χ1) is 12.4. The molecular weight excluding hydrogens is 335 g/mol. The van der Waals surface area contributed by atoms with Gasteiger partial charge in [-0.15, -0.1) is 0 Å². The molecule has 134 valence electrons. The highest BCUT2D eigenvalue weighted by Gasteiger charge is 2.30. The molecule has 0 radical (unpaired) electrons. The summed E-state index contributed by atoms with van der Waals surface area (Å²) in [5.41, 5.74) is 1.22. The van der Waals surface area contributed by atoms with Crippen molar-refractivity contribution in [1.82, 2.24) is 0 Å². The van der Waals surface area contributed by atoms with E-state index < -0.39 is 11.7 Å². The van der Waals surface area contributed by atoms with Crippen LogP contribution in [0, 0.1) is 0 Å². The molecule has 0 aliphatic heterocycles. The highest BCUT2D eigenvalue weighted by Crippen LogP contribution is 2.30. The second kappa shape index (κ2) is 7.73. The van der Waals surface area contributed by atoms with Gasteiger partial charge >= 0.3 is 6.18 Å². The van der Waals surface area contributed by atoms with Crippen LogP contribution < -0.4 is 0 Å². The molecule has 0 saturated carbocycles. The normalized spacial score (nSPS) is 13.4. The number of fused-ring (bicyclic) bond motifs is 1. The van der Waals surface area contributed by atoms with Crippen molar-refractivity contribution in [3.05, 3.63) is 83.4 Å². The van der Waals surface area contributed by atoms with Crippen molar-refractivity contribution in [3.63, 3.8) is 0 Å². The van der Waals surface area contributed by atoms with E-state index in [-0.39, 0.29) is 6.04 Å². The first-order valence-electron chi connectivity index (χ1n) is 8.60. The van der Waals surface area contributed by atoms with Crippen molar-refractivity contribution in [1.29, 1.82) is 0 Å². The van der Waals surface area contributed by atoms with Gasteiger partial charge in [0, 0.05) is 0 Å². The Bertz CT molecular complexity index is 907. The Labute approximate surface area is 151 Å². The summed E-state index contributed by atoms with van der Waals surface area (Å²) in [6.07, 6.45) is -1.34. The molecule has 0 spiro atoms. The van der Waals surface area contributed by atoms with E-state index >= 15 is 0 Å². The third-order valence-corrected chi connectivity index (χ3v) is 4.42. The molecule has 0 saturated heterocycles. The van der Waals surface area contributed by atoms with E-state index in [1.165, 1.54) is 22.9 Å². The molecule has 0 aliphatic rings. The number of benzene rings is 3. The van der Waals surface area contributed by atoms with E-state index in [2.05, 4.69) is 29.3 Å². The molecule has 0 heterocycles. The third-order valence-electron chi connectivity index (χ3n) is 4.42. The zero-order valence-corrected chi connectivity index (χ0v) is 14.5. The van der Waals surface area contributed by atoms with Gasteiger partial charge < -0.3 is 0 Å². The standard InChI is InChI=1S/C22H20F3N/c1-16(20-13-5-10-18-9-2-3-12-21(18)20)26-14-6-8-17-7-4-11-19(15-17)22(23,24)25/h2-5,7,9-16H,6,8H2,1H3/t16-/m1/s1. The fraction of sp³-hybridized carbons (Fsp3) is 0.227. The lowest BCUT2D eigenvalue weighted by molar-refractivity contribution is -0.137. The number of alkyl halides is 3. The molecule has 3 aromatic rings. The Balaban J connectivity index is 1.65. The van der Waals surface area contributed by atoms with Crippen LogP contribution in [0.15, 0.2) is 71.7 Å². The van der Waals surface area contributed by atoms with Crippen molar-refractivity contribution in [2.24, 2.45) is 4.99 Å². The summed E-state index contributed by atoms with van der Waals surface area (Å²) in [6.45, 7) is 2.03. The third kappa shape index (κ3) is 4.31. The van der Waals surface area contributed by atoms with Gasteiger partial charge in [0.2, 0.25) is 0 Å². The maximum absolute atomic E-state index is 12.8. The van der Waals surface area contributed by atoms with Gasteiger partial charge in [0.1, 0.15) is 0 Å². The van der Waals surface area contributed by atoms with E-state index in [1.54, 1.807) is 6.07 Å². The summed E-state index contributed by atoms with van der Waals surface area (Å²) in [6, 6.07) is 19.8. The summed E-state index contributed by atoms with van der Waals surface area (Å²) >= 11 is 0.